The Hall–Kier alpha value is -1.44. The number of allylic oxidation sites excluding steroid dienone is 4. The van der Waals surface area contributed by atoms with Gasteiger partial charge in [0.1, 0.15) is 18.0 Å². The largest absolute Gasteiger partial charge is 0.470 e. The van der Waals surface area contributed by atoms with E-state index in [0.29, 0.717) is 19.3 Å². The van der Waals surface area contributed by atoms with Gasteiger partial charge in [0.15, 0.2) is 11.6 Å². The lowest BCUT2D eigenvalue weighted by atomic mass is 9.42. The number of fused-ring (bicyclic) bond motifs is 5. The molecule has 3 N–H and O–H groups in total. The number of hydrogen-bond donors (Lipinski definition) is 3. The number of aliphatic hydroxyl groups is 1. The molecule has 3 saturated carbocycles. The molecule has 0 aromatic carbocycles. The quantitative estimate of drug-likeness (QED) is 0.552. The number of ketones is 3. The highest BCUT2D eigenvalue weighted by molar-refractivity contribution is 7.46. The van der Waals surface area contributed by atoms with Crippen molar-refractivity contribution < 1.29 is 38.4 Å². The maximum absolute atomic E-state index is 13.5. The van der Waals surface area contributed by atoms with Crippen molar-refractivity contribution in [2.75, 3.05) is 6.61 Å². The van der Waals surface area contributed by atoms with Crippen LogP contribution in [0.2, 0.25) is 0 Å². The number of carbonyl (C=O) groups excluding carboxylic acids is 3. The summed E-state index contributed by atoms with van der Waals surface area (Å²) in [7, 11) is -4.87. The molecule has 8 nitrogen and oxygen atoms in total. The van der Waals surface area contributed by atoms with Crippen LogP contribution in [-0.4, -0.2) is 44.5 Å². The van der Waals surface area contributed by atoms with E-state index < -0.39 is 36.6 Å². The van der Waals surface area contributed by atoms with Gasteiger partial charge < -0.3 is 14.9 Å². The monoisotopic (exact) mass is 452 g/mol. The van der Waals surface area contributed by atoms with E-state index in [9.17, 15) is 24.1 Å². The molecule has 6 atom stereocenters. The average Bonchev–Trinajstić information content (AvgIpc) is 2.67. The van der Waals surface area contributed by atoms with E-state index in [2.05, 4.69) is 4.52 Å². The summed E-state index contributed by atoms with van der Waals surface area (Å²) in [5.74, 6) is -1.37. The lowest BCUT2D eigenvalue weighted by Gasteiger charge is -2.62. The minimum atomic E-state index is -4.87. The van der Waals surface area contributed by atoms with Crippen LogP contribution in [0, 0.1) is 28.6 Å². The molecule has 0 amide bonds. The van der Waals surface area contributed by atoms with Crippen LogP contribution in [0.15, 0.2) is 23.8 Å². The number of rotatable bonds is 4. The first-order valence-electron chi connectivity index (χ1n) is 10.7. The van der Waals surface area contributed by atoms with Crippen LogP contribution in [0.4, 0.5) is 0 Å². The lowest BCUT2D eigenvalue weighted by molar-refractivity contribution is -0.195. The van der Waals surface area contributed by atoms with Gasteiger partial charge >= 0.3 is 7.82 Å². The second-order valence-corrected chi connectivity index (χ2v) is 11.2. The van der Waals surface area contributed by atoms with Crippen molar-refractivity contribution in [1.82, 2.24) is 0 Å². The maximum atomic E-state index is 13.5. The highest BCUT2D eigenvalue weighted by Crippen LogP contribution is 2.64. The standard InChI is InChI=1S/C22H29O8P/c1-20-9-7-14(23)10-13(20)5-6-15-16-4-3-8-22(26,18(25)12-30-31(27,28)29)21(16,2)11-17(24)19(15)20/h7,9-10,15-16,19,26H,3-6,8,11-12H2,1-2H3,(H2,27,28,29)/t15-,16-,19+,20-,21-,22-/m0/s1. The summed E-state index contributed by atoms with van der Waals surface area (Å²) in [6.07, 6.45) is 7.85. The molecule has 9 heteroatoms. The number of phosphoric ester groups is 1. The van der Waals surface area contributed by atoms with Crippen LogP contribution >= 0.6 is 7.82 Å². The maximum Gasteiger partial charge on any atom is 0.470 e. The van der Waals surface area contributed by atoms with Crippen molar-refractivity contribution in [3.8, 4) is 0 Å². The molecular weight excluding hydrogens is 423 g/mol. The Morgan fingerprint density at radius 2 is 1.97 bits per heavy atom. The molecule has 170 valence electrons. The Bertz CT molecular complexity index is 947. The van der Waals surface area contributed by atoms with E-state index in [1.54, 1.807) is 13.0 Å². The first-order valence-corrected chi connectivity index (χ1v) is 12.3. The Morgan fingerprint density at radius 3 is 2.65 bits per heavy atom. The van der Waals surface area contributed by atoms with Gasteiger partial charge in [-0.15, -0.1) is 0 Å². The van der Waals surface area contributed by atoms with Gasteiger partial charge in [0.25, 0.3) is 0 Å². The second kappa shape index (κ2) is 7.29. The third-order valence-electron chi connectivity index (χ3n) is 8.47. The summed E-state index contributed by atoms with van der Waals surface area (Å²) in [5.41, 5.74) is -2.50. The van der Waals surface area contributed by atoms with Gasteiger partial charge in [-0.1, -0.05) is 25.5 Å². The Kier molecular flexibility index (Phi) is 5.35. The summed E-state index contributed by atoms with van der Waals surface area (Å²) in [6.45, 7) is 2.85. The van der Waals surface area contributed by atoms with Gasteiger partial charge in [0.2, 0.25) is 0 Å². The molecule has 0 radical (unpaired) electrons. The van der Waals surface area contributed by atoms with Gasteiger partial charge in [-0.05, 0) is 56.1 Å². The predicted molar refractivity (Wildman–Crippen MR) is 110 cm³/mol. The molecular formula is C22H29O8P. The number of hydrogen-bond acceptors (Lipinski definition) is 6. The van der Waals surface area contributed by atoms with Crippen LogP contribution in [0.25, 0.3) is 0 Å². The van der Waals surface area contributed by atoms with Crippen molar-refractivity contribution in [3.63, 3.8) is 0 Å². The molecule has 31 heavy (non-hydrogen) atoms. The third-order valence-corrected chi connectivity index (χ3v) is 8.94. The van der Waals surface area contributed by atoms with Crippen LogP contribution in [0.3, 0.4) is 0 Å². The highest BCUT2D eigenvalue weighted by Gasteiger charge is 2.66. The second-order valence-electron chi connectivity index (χ2n) is 9.97. The SMILES string of the molecule is C[C@]12C=CC(=O)C=C1CC[C@@H]1[C@@H]2C(=O)C[C@@]2(C)[C@H]1CCC[C@]2(O)C(=O)COP(=O)(O)O. The van der Waals surface area contributed by atoms with E-state index in [-0.39, 0.29) is 42.2 Å². The summed E-state index contributed by atoms with van der Waals surface area (Å²) < 4.78 is 15.5. The summed E-state index contributed by atoms with van der Waals surface area (Å²) >= 11 is 0. The van der Waals surface area contributed by atoms with Crippen LogP contribution < -0.4 is 0 Å². The topological polar surface area (TPSA) is 138 Å². The molecule has 0 aromatic rings. The summed E-state index contributed by atoms with van der Waals surface area (Å²) in [4.78, 5) is 56.3. The average molecular weight is 452 g/mol. The van der Waals surface area contributed by atoms with E-state index in [1.807, 2.05) is 13.0 Å². The zero-order valence-corrected chi connectivity index (χ0v) is 18.6. The summed E-state index contributed by atoms with van der Waals surface area (Å²) in [6, 6.07) is 0. The molecule has 4 rings (SSSR count). The zero-order chi connectivity index (χ0) is 22.8. The number of carbonyl (C=O) groups is 3. The fraction of sp³-hybridized carbons (Fsp3) is 0.682. The molecule has 0 spiro atoms. The molecule has 0 heterocycles. The van der Waals surface area contributed by atoms with Gasteiger partial charge in [0.05, 0.1) is 0 Å². The Balaban J connectivity index is 1.69. The molecule has 0 aromatic heterocycles. The number of phosphoric acid groups is 1. The Morgan fingerprint density at radius 1 is 1.26 bits per heavy atom. The number of Topliss-reactive ketones (excluding diaryl/α,β-unsaturated/α-hetero) is 2. The molecule has 4 aliphatic carbocycles. The molecule has 0 aliphatic heterocycles. The van der Waals surface area contributed by atoms with E-state index >= 15 is 0 Å². The minimum absolute atomic E-state index is 0.00163. The van der Waals surface area contributed by atoms with Crippen LogP contribution in [0.1, 0.15) is 52.4 Å². The smallest absolute Gasteiger partial charge is 0.381 e. The minimum Gasteiger partial charge on any atom is -0.381 e. The van der Waals surface area contributed by atoms with Crippen molar-refractivity contribution in [1.29, 1.82) is 0 Å². The van der Waals surface area contributed by atoms with Crippen LogP contribution in [-0.2, 0) is 23.5 Å². The van der Waals surface area contributed by atoms with E-state index in [0.717, 1.165) is 12.0 Å². The van der Waals surface area contributed by atoms with Crippen molar-refractivity contribution in [3.05, 3.63) is 23.8 Å². The van der Waals surface area contributed by atoms with Gasteiger partial charge in [-0.25, -0.2) is 4.57 Å². The molecule has 0 bridgehead atoms. The molecule has 3 fully saturated rings. The zero-order valence-electron chi connectivity index (χ0n) is 17.7. The van der Waals surface area contributed by atoms with Gasteiger partial charge in [-0.3, -0.25) is 18.9 Å². The third kappa shape index (κ3) is 3.44. The van der Waals surface area contributed by atoms with Gasteiger partial charge in [-0.2, -0.15) is 0 Å². The first kappa shape index (κ1) is 22.7. The molecule has 0 unspecified atom stereocenters. The fourth-order valence-electron chi connectivity index (χ4n) is 6.97. The summed E-state index contributed by atoms with van der Waals surface area (Å²) in [5, 5.41) is 11.5. The van der Waals surface area contributed by atoms with E-state index in [1.165, 1.54) is 6.08 Å². The fourth-order valence-corrected chi connectivity index (χ4v) is 7.25. The highest BCUT2D eigenvalue weighted by atomic mass is 31.2. The first-order chi connectivity index (χ1) is 14.3. The van der Waals surface area contributed by atoms with Crippen molar-refractivity contribution in [2.24, 2.45) is 28.6 Å². The predicted octanol–water partition coefficient (Wildman–Crippen LogP) is 2.27. The normalized spacial score (nSPS) is 42.4. The van der Waals surface area contributed by atoms with Gasteiger partial charge in [0, 0.05) is 23.2 Å². The van der Waals surface area contributed by atoms with Crippen molar-refractivity contribution >= 4 is 25.2 Å². The Labute approximate surface area is 181 Å². The molecule has 4 aliphatic rings. The van der Waals surface area contributed by atoms with E-state index in [4.69, 9.17) is 9.79 Å². The molecule has 0 saturated heterocycles. The van der Waals surface area contributed by atoms with Crippen molar-refractivity contribution in [2.45, 2.75) is 58.0 Å². The lowest BCUT2D eigenvalue weighted by Crippen LogP contribution is -2.66. The van der Waals surface area contributed by atoms with Crippen LogP contribution in [0.5, 0.6) is 0 Å².